The van der Waals surface area contributed by atoms with E-state index in [2.05, 4.69) is 17.3 Å². The van der Waals surface area contributed by atoms with Crippen LogP contribution in [0.5, 0.6) is 0 Å². The van der Waals surface area contributed by atoms with Crippen molar-refractivity contribution in [2.24, 2.45) is 7.05 Å². The first-order valence-corrected chi connectivity index (χ1v) is 5.79. The van der Waals surface area contributed by atoms with E-state index in [0.717, 1.165) is 18.7 Å². The van der Waals surface area contributed by atoms with E-state index in [0.29, 0.717) is 6.54 Å². The maximum atomic E-state index is 9.86. The van der Waals surface area contributed by atoms with Gasteiger partial charge in [-0.05, 0) is 27.2 Å². The van der Waals surface area contributed by atoms with Gasteiger partial charge in [0.25, 0.3) is 0 Å². The van der Waals surface area contributed by atoms with Crippen LogP contribution < -0.4 is 5.32 Å². The Morgan fingerprint density at radius 2 is 2.06 bits per heavy atom. The number of rotatable bonds is 5. The fourth-order valence-electron chi connectivity index (χ4n) is 1.66. The van der Waals surface area contributed by atoms with Crippen LogP contribution >= 0.6 is 0 Å². The molecule has 0 aliphatic carbocycles. The highest BCUT2D eigenvalue weighted by Gasteiger charge is 2.17. The SMILES string of the molecule is CCC(C)(O)CNCc1c(C)nn(C)c1C. The highest BCUT2D eigenvalue weighted by molar-refractivity contribution is 5.23. The van der Waals surface area contributed by atoms with E-state index in [1.807, 2.05) is 32.5 Å². The standard InChI is InChI=1S/C12H23N3O/c1-6-12(4,16)8-13-7-11-9(2)14-15(5)10(11)3/h13,16H,6-8H2,1-5H3. The van der Waals surface area contributed by atoms with Gasteiger partial charge in [0.05, 0.1) is 11.3 Å². The van der Waals surface area contributed by atoms with E-state index in [-0.39, 0.29) is 0 Å². The van der Waals surface area contributed by atoms with Gasteiger partial charge in [-0.3, -0.25) is 4.68 Å². The lowest BCUT2D eigenvalue weighted by Gasteiger charge is -2.21. The van der Waals surface area contributed by atoms with E-state index in [4.69, 9.17) is 0 Å². The summed E-state index contributed by atoms with van der Waals surface area (Å²) in [7, 11) is 1.95. The number of nitrogens with zero attached hydrogens (tertiary/aromatic N) is 2. The van der Waals surface area contributed by atoms with Gasteiger partial charge in [0.2, 0.25) is 0 Å². The van der Waals surface area contributed by atoms with Crippen LogP contribution in [0.1, 0.15) is 37.2 Å². The lowest BCUT2D eigenvalue weighted by atomic mass is 10.0. The van der Waals surface area contributed by atoms with Crippen LogP contribution in [0.3, 0.4) is 0 Å². The zero-order valence-corrected chi connectivity index (χ0v) is 11.0. The largest absolute Gasteiger partial charge is 0.389 e. The zero-order valence-electron chi connectivity index (χ0n) is 11.0. The first-order valence-electron chi connectivity index (χ1n) is 5.79. The van der Waals surface area contributed by atoms with Gasteiger partial charge in [-0.25, -0.2) is 0 Å². The molecule has 0 bridgehead atoms. The molecule has 0 aromatic carbocycles. The topological polar surface area (TPSA) is 50.1 Å². The summed E-state index contributed by atoms with van der Waals surface area (Å²) in [5, 5.41) is 17.5. The molecule has 4 nitrogen and oxygen atoms in total. The molecule has 0 fully saturated rings. The van der Waals surface area contributed by atoms with Crippen LogP contribution in [-0.4, -0.2) is 27.0 Å². The minimum atomic E-state index is -0.621. The third-order valence-electron chi connectivity index (χ3n) is 3.23. The second-order valence-corrected chi connectivity index (χ2v) is 4.73. The van der Waals surface area contributed by atoms with Gasteiger partial charge in [0.1, 0.15) is 0 Å². The molecule has 0 amide bonds. The lowest BCUT2D eigenvalue weighted by molar-refractivity contribution is 0.0555. The van der Waals surface area contributed by atoms with E-state index in [1.54, 1.807) is 0 Å². The van der Waals surface area contributed by atoms with Crippen molar-refractivity contribution in [2.45, 2.75) is 46.3 Å². The molecule has 92 valence electrons. The number of nitrogens with one attached hydrogen (secondary N) is 1. The summed E-state index contributed by atoms with van der Waals surface area (Å²) in [6, 6.07) is 0. The highest BCUT2D eigenvalue weighted by Crippen LogP contribution is 2.12. The molecular formula is C12H23N3O. The Bertz CT molecular complexity index is 355. The molecule has 0 aliphatic rings. The average Bonchev–Trinajstić information content (AvgIpc) is 2.44. The quantitative estimate of drug-likeness (QED) is 0.794. The van der Waals surface area contributed by atoms with Crippen molar-refractivity contribution in [2.75, 3.05) is 6.54 Å². The molecular weight excluding hydrogens is 202 g/mol. The first-order chi connectivity index (χ1) is 7.37. The molecule has 1 aromatic heterocycles. The van der Waals surface area contributed by atoms with Crippen LogP contribution in [0.15, 0.2) is 0 Å². The normalized spacial score (nSPS) is 15.1. The summed E-state index contributed by atoms with van der Waals surface area (Å²) in [4.78, 5) is 0. The van der Waals surface area contributed by atoms with Gasteiger partial charge in [-0.1, -0.05) is 6.92 Å². The number of aromatic nitrogens is 2. The highest BCUT2D eigenvalue weighted by atomic mass is 16.3. The second-order valence-electron chi connectivity index (χ2n) is 4.73. The van der Waals surface area contributed by atoms with Crippen LogP contribution in [0.25, 0.3) is 0 Å². The van der Waals surface area contributed by atoms with Crippen molar-refractivity contribution in [1.82, 2.24) is 15.1 Å². The maximum absolute atomic E-state index is 9.86. The Hall–Kier alpha value is -0.870. The Balaban J connectivity index is 2.55. The van der Waals surface area contributed by atoms with E-state index < -0.39 is 5.60 Å². The fourth-order valence-corrected chi connectivity index (χ4v) is 1.66. The van der Waals surface area contributed by atoms with Crippen molar-refractivity contribution in [3.63, 3.8) is 0 Å². The average molecular weight is 225 g/mol. The molecule has 0 radical (unpaired) electrons. The van der Waals surface area contributed by atoms with Crippen LogP contribution in [0, 0.1) is 13.8 Å². The van der Waals surface area contributed by atoms with Gasteiger partial charge in [-0.15, -0.1) is 0 Å². The summed E-state index contributed by atoms with van der Waals surface area (Å²) in [5.74, 6) is 0. The molecule has 1 atom stereocenters. The minimum absolute atomic E-state index is 0.608. The molecule has 0 saturated carbocycles. The lowest BCUT2D eigenvalue weighted by Crippen LogP contribution is -2.36. The molecule has 0 spiro atoms. The monoisotopic (exact) mass is 225 g/mol. The van der Waals surface area contributed by atoms with Gasteiger partial charge >= 0.3 is 0 Å². The molecule has 16 heavy (non-hydrogen) atoms. The molecule has 1 heterocycles. The first kappa shape index (κ1) is 13.2. The number of aryl methyl sites for hydroxylation is 2. The summed E-state index contributed by atoms with van der Waals surface area (Å²) < 4.78 is 1.89. The van der Waals surface area contributed by atoms with E-state index >= 15 is 0 Å². The molecule has 0 saturated heterocycles. The molecule has 1 rings (SSSR count). The minimum Gasteiger partial charge on any atom is -0.389 e. The van der Waals surface area contributed by atoms with Crippen molar-refractivity contribution in [3.8, 4) is 0 Å². The number of hydrogen-bond donors (Lipinski definition) is 2. The Kier molecular flexibility index (Phi) is 4.10. The molecule has 0 aliphatic heterocycles. The molecule has 2 N–H and O–H groups in total. The van der Waals surface area contributed by atoms with Crippen LogP contribution in [0.4, 0.5) is 0 Å². The summed E-state index contributed by atoms with van der Waals surface area (Å²) in [6.07, 6.45) is 0.755. The third kappa shape index (κ3) is 3.06. The predicted octanol–water partition coefficient (Wildman–Crippen LogP) is 1.29. The van der Waals surface area contributed by atoms with Crippen molar-refractivity contribution in [1.29, 1.82) is 0 Å². The van der Waals surface area contributed by atoms with Crippen molar-refractivity contribution >= 4 is 0 Å². The Morgan fingerprint density at radius 3 is 2.50 bits per heavy atom. The Labute approximate surface area is 97.7 Å². The summed E-state index contributed by atoms with van der Waals surface area (Å²) in [6.45, 7) is 9.29. The van der Waals surface area contributed by atoms with Crippen molar-refractivity contribution < 1.29 is 5.11 Å². The van der Waals surface area contributed by atoms with Crippen LogP contribution in [0.2, 0.25) is 0 Å². The summed E-state index contributed by atoms with van der Waals surface area (Å²) in [5.41, 5.74) is 2.85. The molecule has 4 heteroatoms. The molecule has 1 aromatic rings. The zero-order chi connectivity index (χ0) is 12.3. The fraction of sp³-hybridized carbons (Fsp3) is 0.750. The Morgan fingerprint density at radius 1 is 1.44 bits per heavy atom. The van der Waals surface area contributed by atoms with E-state index in [9.17, 15) is 5.11 Å². The third-order valence-corrected chi connectivity index (χ3v) is 3.23. The van der Waals surface area contributed by atoms with Gasteiger partial charge in [0.15, 0.2) is 0 Å². The maximum Gasteiger partial charge on any atom is 0.0741 e. The smallest absolute Gasteiger partial charge is 0.0741 e. The molecule has 1 unspecified atom stereocenters. The number of hydrogen-bond acceptors (Lipinski definition) is 3. The van der Waals surface area contributed by atoms with Gasteiger partial charge < -0.3 is 10.4 Å². The van der Waals surface area contributed by atoms with Gasteiger partial charge in [-0.2, -0.15) is 5.10 Å². The van der Waals surface area contributed by atoms with E-state index in [1.165, 1.54) is 11.3 Å². The van der Waals surface area contributed by atoms with Crippen LogP contribution in [-0.2, 0) is 13.6 Å². The van der Waals surface area contributed by atoms with Gasteiger partial charge in [0, 0.05) is 31.4 Å². The summed E-state index contributed by atoms with van der Waals surface area (Å²) >= 11 is 0. The van der Waals surface area contributed by atoms with Crippen molar-refractivity contribution in [3.05, 3.63) is 17.0 Å². The number of aliphatic hydroxyl groups is 1. The predicted molar refractivity (Wildman–Crippen MR) is 65.3 cm³/mol. The second kappa shape index (κ2) is 4.97.